The number of aromatic nitrogens is 4. The number of rotatable bonds is 3. The summed E-state index contributed by atoms with van der Waals surface area (Å²) in [7, 11) is 0. The fraction of sp³-hybridized carbons (Fsp3) is 0.0556. The van der Waals surface area contributed by atoms with Gasteiger partial charge in [-0.05, 0) is 25.1 Å². The predicted octanol–water partition coefficient (Wildman–Crippen LogP) is 3.67. The van der Waals surface area contributed by atoms with Crippen molar-refractivity contribution in [2.45, 2.75) is 6.92 Å². The van der Waals surface area contributed by atoms with Crippen LogP contribution in [0.5, 0.6) is 0 Å². The van der Waals surface area contributed by atoms with Crippen molar-refractivity contribution in [1.29, 1.82) is 0 Å². The molecule has 0 unspecified atom stereocenters. The summed E-state index contributed by atoms with van der Waals surface area (Å²) >= 11 is 0. The Bertz CT molecular complexity index is 1070. The zero-order chi connectivity index (χ0) is 17.4. The maximum Gasteiger partial charge on any atom is 0.269 e. The van der Waals surface area contributed by atoms with Gasteiger partial charge in [-0.15, -0.1) is 5.10 Å². The lowest BCUT2D eigenvalue weighted by Gasteiger charge is -2.03. The summed E-state index contributed by atoms with van der Waals surface area (Å²) in [5.74, 6) is 1.06. The molecule has 0 saturated carbocycles. The first-order chi connectivity index (χ1) is 12.1. The molecule has 0 aliphatic heterocycles. The van der Waals surface area contributed by atoms with Gasteiger partial charge in [-0.2, -0.15) is 9.50 Å². The van der Waals surface area contributed by atoms with Crippen LogP contribution in [-0.4, -0.2) is 24.5 Å². The molecule has 7 heteroatoms. The number of nitro benzene ring substituents is 1. The van der Waals surface area contributed by atoms with E-state index >= 15 is 0 Å². The van der Waals surface area contributed by atoms with E-state index in [0.717, 1.165) is 22.4 Å². The van der Waals surface area contributed by atoms with Crippen LogP contribution in [0.4, 0.5) is 5.69 Å². The Morgan fingerprint density at radius 2 is 1.64 bits per heavy atom. The van der Waals surface area contributed by atoms with Gasteiger partial charge in [0.25, 0.3) is 11.5 Å². The molecular formula is C18H13N5O2. The van der Waals surface area contributed by atoms with Crippen LogP contribution >= 0.6 is 0 Å². The van der Waals surface area contributed by atoms with E-state index in [0.29, 0.717) is 11.6 Å². The van der Waals surface area contributed by atoms with Crippen LogP contribution < -0.4 is 0 Å². The third-order valence-electron chi connectivity index (χ3n) is 3.92. The van der Waals surface area contributed by atoms with Gasteiger partial charge in [-0.25, -0.2) is 4.98 Å². The highest BCUT2D eigenvalue weighted by Gasteiger charge is 2.12. The van der Waals surface area contributed by atoms with Crippen LogP contribution in [0.3, 0.4) is 0 Å². The quantitative estimate of drug-likeness (QED) is 0.422. The fourth-order valence-electron chi connectivity index (χ4n) is 2.59. The van der Waals surface area contributed by atoms with E-state index in [1.807, 2.05) is 37.3 Å². The molecule has 4 aromatic rings. The van der Waals surface area contributed by atoms with Crippen molar-refractivity contribution in [3.8, 4) is 22.6 Å². The van der Waals surface area contributed by atoms with Gasteiger partial charge in [0, 0.05) is 29.5 Å². The molecule has 0 N–H and O–H groups in total. The minimum Gasteiger partial charge on any atom is -0.258 e. The molecule has 0 aliphatic rings. The lowest BCUT2D eigenvalue weighted by Crippen LogP contribution is -1.96. The second kappa shape index (κ2) is 5.79. The second-order valence-electron chi connectivity index (χ2n) is 5.65. The highest BCUT2D eigenvalue weighted by atomic mass is 16.6. The molecule has 2 aromatic heterocycles. The van der Waals surface area contributed by atoms with Crippen LogP contribution in [0.15, 0.2) is 60.8 Å². The second-order valence-corrected chi connectivity index (χ2v) is 5.65. The Morgan fingerprint density at radius 3 is 2.32 bits per heavy atom. The Hall–Kier alpha value is -3.61. The van der Waals surface area contributed by atoms with Crippen molar-refractivity contribution in [1.82, 2.24) is 19.6 Å². The standard InChI is InChI=1S/C18H13N5O2/c1-12-2-4-14(5-3-12)17-20-18-19-11-10-16(22(18)21-17)13-6-8-15(9-7-13)23(24)25/h2-11H,1H3. The van der Waals surface area contributed by atoms with Crippen LogP contribution in [0.25, 0.3) is 28.4 Å². The Kier molecular flexibility index (Phi) is 3.46. The lowest BCUT2D eigenvalue weighted by atomic mass is 10.1. The molecule has 122 valence electrons. The molecule has 0 saturated heterocycles. The fourth-order valence-corrected chi connectivity index (χ4v) is 2.59. The topological polar surface area (TPSA) is 86.2 Å². The monoisotopic (exact) mass is 331 g/mol. The smallest absolute Gasteiger partial charge is 0.258 e. The minimum absolute atomic E-state index is 0.0491. The molecule has 2 heterocycles. The third kappa shape index (κ3) is 2.72. The average molecular weight is 331 g/mol. The molecule has 0 spiro atoms. The molecule has 0 aliphatic carbocycles. The van der Waals surface area contributed by atoms with Gasteiger partial charge in [-0.3, -0.25) is 10.1 Å². The maximum atomic E-state index is 10.8. The van der Waals surface area contributed by atoms with Gasteiger partial charge >= 0.3 is 0 Å². The number of fused-ring (bicyclic) bond motifs is 1. The van der Waals surface area contributed by atoms with Crippen LogP contribution in [-0.2, 0) is 0 Å². The molecule has 0 radical (unpaired) electrons. The highest BCUT2D eigenvalue weighted by molar-refractivity contribution is 5.65. The van der Waals surface area contributed by atoms with Crippen molar-refractivity contribution in [3.05, 3.63) is 76.5 Å². The molecular weight excluding hydrogens is 318 g/mol. The summed E-state index contributed by atoms with van der Waals surface area (Å²) in [6.45, 7) is 2.02. The zero-order valence-electron chi connectivity index (χ0n) is 13.3. The van der Waals surface area contributed by atoms with E-state index < -0.39 is 4.92 Å². The number of hydrogen-bond acceptors (Lipinski definition) is 5. The molecule has 4 rings (SSSR count). The molecule has 0 bridgehead atoms. The summed E-state index contributed by atoms with van der Waals surface area (Å²) in [5.41, 5.74) is 3.69. The van der Waals surface area contributed by atoms with Crippen LogP contribution in [0.2, 0.25) is 0 Å². The van der Waals surface area contributed by atoms with E-state index in [9.17, 15) is 10.1 Å². The van der Waals surface area contributed by atoms with Crippen molar-refractivity contribution >= 4 is 11.5 Å². The Morgan fingerprint density at radius 1 is 0.960 bits per heavy atom. The SMILES string of the molecule is Cc1ccc(-c2nc3nccc(-c4ccc([N+](=O)[O-])cc4)n3n2)cc1. The zero-order valence-corrected chi connectivity index (χ0v) is 13.3. The highest BCUT2D eigenvalue weighted by Crippen LogP contribution is 2.24. The molecule has 0 atom stereocenters. The minimum atomic E-state index is -0.420. The normalized spacial score (nSPS) is 10.9. The molecule has 0 fully saturated rings. The van der Waals surface area contributed by atoms with Gasteiger partial charge in [0.1, 0.15) is 0 Å². The number of non-ortho nitro benzene ring substituents is 1. The molecule has 25 heavy (non-hydrogen) atoms. The first-order valence-electron chi connectivity index (χ1n) is 7.65. The molecule has 7 nitrogen and oxygen atoms in total. The summed E-state index contributed by atoms with van der Waals surface area (Å²) in [4.78, 5) is 19.1. The molecule has 0 amide bonds. The number of nitro groups is 1. The lowest BCUT2D eigenvalue weighted by molar-refractivity contribution is -0.384. The van der Waals surface area contributed by atoms with E-state index in [1.165, 1.54) is 12.1 Å². The van der Waals surface area contributed by atoms with Crippen molar-refractivity contribution in [2.24, 2.45) is 0 Å². The van der Waals surface area contributed by atoms with E-state index in [4.69, 9.17) is 0 Å². The molecule has 2 aromatic carbocycles. The Balaban J connectivity index is 1.82. The predicted molar refractivity (Wildman–Crippen MR) is 93.0 cm³/mol. The summed E-state index contributed by atoms with van der Waals surface area (Å²) < 4.78 is 1.65. The maximum absolute atomic E-state index is 10.8. The van der Waals surface area contributed by atoms with Gasteiger partial charge < -0.3 is 0 Å². The van der Waals surface area contributed by atoms with Crippen LogP contribution in [0, 0.1) is 17.0 Å². The van der Waals surface area contributed by atoms with Crippen molar-refractivity contribution < 1.29 is 4.92 Å². The number of aryl methyl sites for hydroxylation is 1. The summed E-state index contributed by atoms with van der Waals surface area (Å²) in [5, 5.41) is 15.4. The third-order valence-corrected chi connectivity index (χ3v) is 3.92. The number of hydrogen-bond donors (Lipinski definition) is 0. The van der Waals surface area contributed by atoms with E-state index in [-0.39, 0.29) is 5.69 Å². The van der Waals surface area contributed by atoms with Crippen LogP contribution in [0.1, 0.15) is 5.56 Å². The van der Waals surface area contributed by atoms with Gasteiger partial charge in [0.2, 0.25) is 0 Å². The number of benzene rings is 2. The summed E-state index contributed by atoms with van der Waals surface area (Å²) in [6.07, 6.45) is 1.65. The van der Waals surface area contributed by atoms with Crippen molar-refractivity contribution in [3.63, 3.8) is 0 Å². The first kappa shape index (κ1) is 14.9. The van der Waals surface area contributed by atoms with Crippen molar-refractivity contribution in [2.75, 3.05) is 0 Å². The summed E-state index contributed by atoms with van der Waals surface area (Å²) in [6, 6.07) is 16.1. The van der Waals surface area contributed by atoms with Gasteiger partial charge in [0.05, 0.1) is 10.6 Å². The van der Waals surface area contributed by atoms with E-state index in [2.05, 4.69) is 15.1 Å². The van der Waals surface area contributed by atoms with E-state index in [1.54, 1.807) is 22.8 Å². The first-order valence-corrected chi connectivity index (χ1v) is 7.65. The van der Waals surface area contributed by atoms with Gasteiger partial charge in [0.15, 0.2) is 5.82 Å². The Labute approximate surface area is 142 Å². The average Bonchev–Trinajstić information content (AvgIpc) is 3.06. The largest absolute Gasteiger partial charge is 0.269 e. The number of nitrogens with zero attached hydrogens (tertiary/aromatic N) is 5. The van der Waals surface area contributed by atoms with Gasteiger partial charge in [-0.1, -0.05) is 29.8 Å².